The third kappa shape index (κ3) is 3.36. The lowest BCUT2D eigenvalue weighted by atomic mass is 10.0. The van der Waals surface area contributed by atoms with Gasteiger partial charge in [0.1, 0.15) is 12.1 Å². The Balaban J connectivity index is 1.68. The van der Waals surface area contributed by atoms with Gasteiger partial charge in [0.25, 0.3) is 0 Å². The minimum Gasteiger partial charge on any atom is -0.381 e. The van der Waals surface area contributed by atoms with Crippen molar-refractivity contribution in [2.24, 2.45) is 0 Å². The largest absolute Gasteiger partial charge is 0.381 e. The van der Waals surface area contributed by atoms with Gasteiger partial charge in [-0.05, 0) is 37.5 Å². The predicted octanol–water partition coefficient (Wildman–Crippen LogP) is 2.60. The molecular formula is C16H20N4O. The van der Waals surface area contributed by atoms with Crippen molar-refractivity contribution in [1.29, 1.82) is 0 Å². The summed E-state index contributed by atoms with van der Waals surface area (Å²) in [6, 6.07) is 4.12. The molecule has 21 heavy (non-hydrogen) atoms. The molecule has 0 bridgehead atoms. The van der Waals surface area contributed by atoms with Crippen molar-refractivity contribution in [3.8, 4) is 0 Å². The summed E-state index contributed by atoms with van der Waals surface area (Å²) in [4.78, 5) is 13.0. The highest BCUT2D eigenvalue weighted by Crippen LogP contribution is 2.24. The Kier molecular flexibility index (Phi) is 4.10. The van der Waals surface area contributed by atoms with E-state index in [-0.39, 0.29) is 0 Å². The third-order valence-electron chi connectivity index (χ3n) is 3.85. The zero-order valence-electron chi connectivity index (χ0n) is 12.5. The van der Waals surface area contributed by atoms with Crippen LogP contribution in [0, 0.1) is 13.8 Å². The molecule has 2 aromatic heterocycles. The van der Waals surface area contributed by atoms with Gasteiger partial charge in [-0.15, -0.1) is 0 Å². The van der Waals surface area contributed by atoms with E-state index in [4.69, 9.17) is 4.74 Å². The number of pyridine rings is 1. The minimum atomic E-state index is 0.399. The molecule has 0 spiro atoms. The molecule has 1 fully saturated rings. The van der Waals surface area contributed by atoms with Crippen LogP contribution in [0.15, 0.2) is 24.7 Å². The summed E-state index contributed by atoms with van der Waals surface area (Å²) in [5.74, 6) is 1.25. The lowest BCUT2D eigenvalue weighted by molar-refractivity contribution is 0.193. The lowest BCUT2D eigenvalue weighted by Gasteiger charge is -2.11. The topological polar surface area (TPSA) is 59.9 Å². The molecule has 3 heterocycles. The number of ether oxygens (including phenoxy) is 1. The molecule has 1 aliphatic rings. The molecule has 0 unspecified atom stereocenters. The zero-order valence-corrected chi connectivity index (χ0v) is 12.5. The number of nitrogens with one attached hydrogen (secondary N) is 1. The van der Waals surface area contributed by atoms with Crippen LogP contribution in [0.2, 0.25) is 0 Å². The molecule has 0 radical (unpaired) electrons. The van der Waals surface area contributed by atoms with Gasteiger partial charge in [-0.3, -0.25) is 4.98 Å². The molecule has 1 atom stereocenters. The second-order valence-electron chi connectivity index (χ2n) is 5.49. The third-order valence-corrected chi connectivity index (χ3v) is 3.85. The van der Waals surface area contributed by atoms with Crippen molar-refractivity contribution in [3.63, 3.8) is 0 Å². The summed E-state index contributed by atoms with van der Waals surface area (Å²) in [5, 5.41) is 3.35. The van der Waals surface area contributed by atoms with Crippen molar-refractivity contribution in [2.45, 2.75) is 32.7 Å². The second-order valence-corrected chi connectivity index (χ2v) is 5.49. The van der Waals surface area contributed by atoms with Crippen molar-refractivity contribution in [2.75, 3.05) is 18.5 Å². The maximum absolute atomic E-state index is 5.42. The smallest absolute Gasteiger partial charge is 0.129 e. The lowest BCUT2D eigenvalue weighted by Crippen LogP contribution is -2.07. The molecule has 0 saturated carbocycles. The van der Waals surface area contributed by atoms with Gasteiger partial charge in [0.05, 0.1) is 12.3 Å². The Hall–Kier alpha value is -2.01. The van der Waals surface area contributed by atoms with Gasteiger partial charge >= 0.3 is 0 Å². The van der Waals surface area contributed by atoms with Crippen LogP contribution < -0.4 is 5.32 Å². The minimum absolute atomic E-state index is 0.399. The Morgan fingerprint density at radius 2 is 2.14 bits per heavy atom. The predicted molar refractivity (Wildman–Crippen MR) is 81.2 cm³/mol. The number of aromatic nitrogens is 3. The van der Waals surface area contributed by atoms with E-state index in [2.05, 4.69) is 33.3 Å². The second kappa shape index (κ2) is 6.18. The first-order valence-corrected chi connectivity index (χ1v) is 7.28. The number of anilines is 1. The maximum atomic E-state index is 5.42. The molecule has 1 saturated heterocycles. The van der Waals surface area contributed by atoms with Gasteiger partial charge in [0, 0.05) is 37.0 Å². The van der Waals surface area contributed by atoms with Gasteiger partial charge in [0.2, 0.25) is 0 Å². The fourth-order valence-electron chi connectivity index (χ4n) is 2.56. The molecule has 0 aliphatic carbocycles. The SMILES string of the molecule is Cc1cc(C)c(CNc2cc([C@@H]3CCOC3)ncn2)cn1. The average Bonchev–Trinajstić information content (AvgIpc) is 3.01. The van der Waals surface area contributed by atoms with E-state index >= 15 is 0 Å². The Labute approximate surface area is 124 Å². The van der Waals surface area contributed by atoms with Gasteiger partial charge in [-0.1, -0.05) is 0 Å². The van der Waals surface area contributed by atoms with Crippen LogP contribution >= 0.6 is 0 Å². The van der Waals surface area contributed by atoms with E-state index in [0.29, 0.717) is 5.92 Å². The molecule has 1 N–H and O–H groups in total. The van der Waals surface area contributed by atoms with Gasteiger partial charge in [0.15, 0.2) is 0 Å². The standard InChI is InChI=1S/C16H20N4O/c1-11-5-12(2)17-7-14(11)8-18-16-6-15(19-10-20-16)13-3-4-21-9-13/h5-7,10,13H,3-4,8-9H2,1-2H3,(H,18,19,20)/t13-/m1/s1. The summed E-state index contributed by atoms with van der Waals surface area (Å²) in [5.41, 5.74) is 4.53. The van der Waals surface area contributed by atoms with Crippen molar-refractivity contribution >= 4 is 5.82 Å². The van der Waals surface area contributed by atoms with Crippen LogP contribution in [0.25, 0.3) is 0 Å². The molecule has 110 valence electrons. The van der Waals surface area contributed by atoms with Crippen LogP contribution in [-0.2, 0) is 11.3 Å². The molecule has 0 aromatic carbocycles. The highest BCUT2D eigenvalue weighted by atomic mass is 16.5. The van der Waals surface area contributed by atoms with E-state index < -0.39 is 0 Å². The molecule has 5 nitrogen and oxygen atoms in total. The van der Waals surface area contributed by atoms with E-state index in [1.54, 1.807) is 6.33 Å². The van der Waals surface area contributed by atoms with Gasteiger partial charge in [-0.2, -0.15) is 0 Å². The summed E-state index contributed by atoms with van der Waals surface area (Å²) in [6.45, 7) is 6.41. The van der Waals surface area contributed by atoms with E-state index in [1.165, 1.54) is 11.1 Å². The van der Waals surface area contributed by atoms with Crippen LogP contribution in [0.3, 0.4) is 0 Å². The van der Waals surface area contributed by atoms with Gasteiger partial charge in [-0.25, -0.2) is 9.97 Å². The fourth-order valence-corrected chi connectivity index (χ4v) is 2.56. The summed E-state index contributed by atoms with van der Waals surface area (Å²) < 4.78 is 5.42. The molecule has 1 aliphatic heterocycles. The summed E-state index contributed by atoms with van der Waals surface area (Å²) in [7, 11) is 0. The van der Waals surface area contributed by atoms with E-state index in [9.17, 15) is 0 Å². The quantitative estimate of drug-likeness (QED) is 0.935. The number of hydrogen-bond acceptors (Lipinski definition) is 5. The Bertz CT molecular complexity index is 623. The fraction of sp³-hybridized carbons (Fsp3) is 0.438. The maximum Gasteiger partial charge on any atom is 0.129 e. The van der Waals surface area contributed by atoms with Gasteiger partial charge < -0.3 is 10.1 Å². The van der Waals surface area contributed by atoms with Crippen LogP contribution in [0.1, 0.15) is 34.9 Å². The molecular weight excluding hydrogens is 264 g/mol. The van der Waals surface area contributed by atoms with Crippen molar-refractivity contribution in [1.82, 2.24) is 15.0 Å². The van der Waals surface area contributed by atoms with E-state index in [0.717, 1.165) is 43.4 Å². The van der Waals surface area contributed by atoms with Crippen LogP contribution in [0.4, 0.5) is 5.82 Å². The summed E-state index contributed by atoms with van der Waals surface area (Å²) >= 11 is 0. The zero-order chi connectivity index (χ0) is 14.7. The van der Waals surface area contributed by atoms with Crippen LogP contribution in [0.5, 0.6) is 0 Å². The summed E-state index contributed by atoms with van der Waals surface area (Å²) in [6.07, 6.45) is 4.58. The first-order chi connectivity index (χ1) is 10.2. The molecule has 3 rings (SSSR count). The van der Waals surface area contributed by atoms with Crippen molar-refractivity contribution < 1.29 is 4.74 Å². The highest BCUT2D eigenvalue weighted by Gasteiger charge is 2.19. The first-order valence-electron chi connectivity index (χ1n) is 7.28. The molecule has 0 amide bonds. The highest BCUT2D eigenvalue weighted by molar-refractivity contribution is 5.38. The normalized spacial score (nSPS) is 17.9. The molecule has 5 heteroatoms. The monoisotopic (exact) mass is 284 g/mol. The number of aryl methyl sites for hydroxylation is 2. The number of hydrogen-bond donors (Lipinski definition) is 1. The Morgan fingerprint density at radius 3 is 2.90 bits per heavy atom. The number of rotatable bonds is 4. The first kappa shape index (κ1) is 13.9. The van der Waals surface area contributed by atoms with Crippen LogP contribution in [-0.4, -0.2) is 28.2 Å². The van der Waals surface area contributed by atoms with E-state index in [1.807, 2.05) is 19.2 Å². The number of nitrogens with zero attached hydrogens (tertiary/aromatic N) is 3. The van der Waals surface area contributed by atoms with Crippen molar-refractivity contribution in [3.05, 3.63) is 47.2 Å². The average molecular weight is 284 g/mol. The Morgan fingerprint density at radius 1 is 1.24 bits per heavy atom. The molecule has 2 aromatic rings.